The number of aromatic nitrogens is 1. The summed E-state index contributed by atoms with van der Waals surface area (Å²) in [6, 6.07) is 3.69. The van der Waals surface area contributed by atoms with Crippen LogP contribution in [0.3, 0.4) is 0 Å². The van der Waals surface area contributed by atoms with Gasteiger partial charge in [-0.15, -0.1) is 5.21 Å². The smallest absolute Gasteiger partial charge is 0.202 e. The lowest BCUT2D eigenvalue weighted by atomic mass is 9.84. The molecule has 0 aliphatic carbocycles. The van der Waals surface area contributed by atoms with Gasteiger partial charge in [0.1, 0.15) is 18.1 Å². The van der Waals surface area contributed by atoms with Crippen molar-refractivity contribution in [3.8, 4) is 0 Å². The van der Waals surface area contributed by atoms with Crippen LogP contribution >= 0.6 is 0 Å². The quantitative estimate of drug-likeness (QED) is 0.569. The highest BCUT2D eigenvalue weighted by atomic mass is 16.6. The van der Waals surface area contributed by atoms with Gasteiger partial charge in [-0.2, -0.15) is 0 Å². The summed E-state index contributed by atoms with van der Waals surface area (Å²) in [7, 11) is 1.88. The van der Waals surface area contributed by atoms with Crippen molar-refractivity contribution >= 4 is 0 Å². The molecule has 1 fully saturated rings. The molecular weight excluding hydrogens is 230 g/mol. The number of quaternary nitrogens is 1. The molecule has 1 aliphatic heterocycles. The van der Waals surface area contributed by atoms with Crippen LogP contribution in [0.5, 0.6) is 0 Å². The summed E-state index contributed by atoms with van der Waals surface area (Å²) < 4.78 is 1.86. The Morgan fingerprint density at radius 3 is 2.44 bits per heavy atom. The van der Waals surface area contributed by atoms with Crippen molar-refractivity contribution in [3.63, 3.8) is 0 Å². The summed E-state index contributed by atoms with van der Waals surface area (Å²) in [5.41, 5.74) is -0.574. The maximum absolute atomic E-state index is 12.5. The van der Waals surface area contributed by atoms with Gasteiger partial charge in [0.25, 0.3) is 0 Å². The highest BCUT2D eigenvalue weighted by Gasteiger charge is 2.60. The number of hydrogen-bond acceptors (Lipinski definition) is 2. The minimum atomic E-state index is -0.692. The highest BCUT2D eigenvalue weighted by molar-refractivity contribution is 5.13. The van der Waals surface area contributed by atoms with Crippen LogP contribution in [0, 0.1) is 5.21 Å². The van der Waals surface area contributed by atoms with E-state index in [2.05, 4.69) is 0 Å². The second kappa shape index (κ2) is 3.99. The average molecular weight is 251 g/mol. The lowest BCUT2D eigenvalue weighted by Gasteiger charge is -2.38. The molecule has 0 aromatic carbocycles. The predicted molar refractivity (Wildman–Crippen MR) is 65.4 cm³/mol. The number of pyridine rings is 1. The fourth-order valence-corrected chi connectivity index (χ4v) is 2.41. The SMILES string of the molecule is C[n+]1cccc(C2N([O])C(C)(C)C(C)(C)[NH+]2[O-])c1. The molecule has 0 spiro atoms. The number of nitrogens with zero attached hydrogens (tertiary/aromatic N) is 2. The van der Waals surface area contributed by atoms with Gasteiger partial charge < -0.3 is 10.3 Å². The molecule has 1 N–H and O–H groups in total. The third kappa shape index (κ3) is 1.66. The Balaban J connectivity index is 2.47. The maximum Gasteiger partial charge on any atom is 0.202 e. The van der Waals surface area contributed by atoms with Crippen LogP contribution in [-0.4, -0.2) is 16.1 Å². The molecule has 0 saturated carbocycles. The fraction of sp³-hybridized carbons (Fsp3) is 0.615. The Hall–Kier alpha value is -1.01. The molecule has 1 aromatic rings. The number of hydrogen-bond donors (Lipinski definition) is 1. The zero-order chi connectivity index (χ0) is 13.7. The maximum atomic E-state index is 12.5. The van der Waals surface area contributed by atoms with Crippen LogP contribution in [0.15, 0.2) is 24.5 Å². The van der Waals surface area contributed by atoms with E-state index in [9.17, 15) is 10.4 Å². The molecule has 1 radical (unpaired) electrons. The Kier molecular flexibility index (Phi) is 2.98. The lowest BCUT2D eigenvalue weighted by Crippen LogP contribution is -3.14. The molecule has 2 atom stereocenters. The molecule has 1 saturated heterocycles. The summed E-state index contributed by atoms with van der Waals surface area (Å²) in [5, 5.41) is 25.9. The van der Waals surface area contributed by atoms with E-state index in [1.165, 1.54) is 0 Å². The third-order valence-corrected chi connectivity index (χ3v) is 4.46. The van der Waals surface area contributed by atoms with E-state index >= 15 is 0 Å². The molecule has 2 rings (SSSR count). The summed E-state index contributed by atoms with van der Waals surface area (Å²) in [6.45, 7) is 7.37. The second-order valence-electron chi connectivity index (χ2n) is 6.08. The molecule has 5 heteroatoms. The van der Waals surface area contributed by atoms with Crippen LogP contribution in [0.1, 0.15) is 39.4 Å². The molecule has 99 valence electrons. The van der Waals surface area contributed by atoms with Gasteiger partial charge in [-0.05, 0) is 33.8 Å². The first kappa shape index (κ1) is 13.4. The minimum absolute atomic E-state index is 0.00583. The van der Waals surface area contributed by atoms with E-state index in [1.54, 1.807) is 0 Å². The van der Waals surface area contributed by atoms with Crippen LogP contribution in [-0.2, 0) is 12.3 Å². The first-order valence-electron chi connectivity index (χ1n) is 6.15. The van der Waals surface area contributed by atoms with E-state index < -0.39 is 17.2 Å². The molecule has 0 amide bonds. The van der Waals surface area contributed by atoms with Gasteiger partial charge in [-0.3, -0.25) is 0 Å². The average Bonchev–Trinajstić information content (AvgIpc) is 2.38. The highest BCUT2D eigenvalue weighted by Crippen LogP contribution is 2.36. The van der Waals surface area contributed by atoms with Crippen molar-refractivity contribution in [1.29, 1.82) is 0 Å². The van der Waals surface area contributed by atoms with Crippen molar-refractivity contribution in [3.05, 3.63) is 35.3 Å². The summed E-state index contributed by atoms with van der Waals surface area (Å²) >= 11 is 0. The number of nitrogens with one attached hydrogen (secondary N) is 1. The standard InChI is InChI=1S/C13H21N3O2/c1-12(2)13(3,4)16(18)11(15(12)17)10-7-6-8-14(5)9-10/h6-9,11,15H,1-5H3/q+1. The zero-order valence-corrected chi connectivity index (χ0v) is 11.6. The van der Waals surface area contributed by atoms with E-state index in [0.717, 1.165) is 10.6 Å². The number of hydroxylamine groups is 4. The Labute approximate surface area is 108 Å². The molecule has 2 heterocycles. The van der Waals surface area contributed by atoms with E-state index in [4.69, 9.17) is 0 Å². The Morgan fingerprint density at radius 2 is 2.00 bits per heavy atom. The molecular formula is C13H21N3O2+. The van der Waals surface area contributed by atoms with Gasteiger partial charge in [-0.25, -0.2) is 4.57 Å². The Morgan fingerprint density at radius 1 is 1.39 bits per heavy atom. The summed E-state index contributed by atoms with van der Waals surface area (Å²) in [6.07, 6.45) is 3.03. The second-order valence-corrected chi connectivity index (χ2v) is 6.08. The number of rotatable bonds is 1. The van der Waals surface area contributed by atoms with E-state index in [-0.39, 0.29) is 5.06 Å². The van der Waals surface area contributed by atoms with Gasteiger partial charge in [0, 0.05) is 6.07 Å². The van der Waals surface area contributed by atoms with E-state index in [1.807, 2.05) is 63.8 Å². The molecule has 18 heavy (non-hydrogen) atoms. The molecule has 5 nitrogen and oxygen atoms in total. The van der Waals surface area contributed by atoms with Crippen molar-refractivity contribution in [2.75, 3.05) is 0 Å². The van der Waals surface area contributed by atoms with Crippen LogP contribution in [0.4, 0.5) is 0 Å². The van der Waals surface area contributed by atoms with Gasteiger partial charge in [0.2, 0.25) is 6.17 Å². The van der Waals surface area contributed by atoms with E-state index in [0.29, 0.717) is 0 Å². The topological polar surface area (TPSA) is 54.5 Å². The van der Waals surface area contributed by atoms with Crippen LogP contribution in [0.2, 0.25) is 0 Å². The third-order valence-electron chi connectivity index (χ3n) is 4.46. The van der Waals surface area contributed by atoms with Crippen molar-refractivity contribution in [1.82, 2.24) is 5.06 Å². The first-order valence-corrected chi connectivity index (χ1v) is 6.15. The zero-order valence-electron chi connectivity index (χ0n) is 11.6. The van der Waals surface area contributed by atoms with Gasteiger partial charge in [0.15, 0.2) is 12.4 Å². The monoisotopic (exact) mass is 251 g/mol. The van der Waals surface area contributed by atoms with Crippen LogP contribution in [0.25, 0.3) is 0 Å². The predicted octanol–water partition coefficient (Wildman–Crippen LogP) is 0.111. The first-order chi connectivity index (χ1) is 8.19. The fourth-order valence-electron chi connectivity index (χ4n) is 2.41. The molecule has 1 aliphatic rings. The van der Waals surface area contributed by atoms with Crippen molar-refractivity contribution in [2.24, 2.45) is 7.05 Å². The summed E-state index contributed by atoms with van der Waals surface area (Å²) in [5.74, 6) is 0. The lowest BCUT2D eigenvalue weighted by molar-refractivity contribution is -0.926. The van der Waals surface area contributed by atoms with Gasteiger partial charge in [0.05, 0.1) is 5.56 Å². The molecule has 1 aromatic heterocycles. The molecule has 0 bridgehead atoms. The van der Waals surface area contributed by atoms with Crippen molar-refractivity contribution < 1.29 is 14.8 Å². The van der Waals surface area contributed by atoms with Gasteiger partial charge >= 0.3 is 0 Å². The van der Waals surface area contributed by atoms with Crippen LogP contribution < -0.4 is 9.63 Å². The molecule has 2 unspecified atom stereocenters. The minimum Gasteiger partial charge on any atom is -0.632 e. The number of aryl methyl sites for hydroxylation is 1. The largest absolute Gasteiger partial charge is 0.632 e. The Bertz CT molecular complexity index is 439. The summed E-state index contributed by atoms with van der Waals surface area (Å²) in [4.78, 5) is 0. The normalized spacial score (nSPS) is 30.6. The van der Waals surface area contributed by atoms with Crippen molar-refractivity contribution in [2.45, 2.75) is 44.9 Å². The van der Waals surface area contributed by atoms with Gasteiger partial charge in [-0.1, -0.05) is 5.06 Å².